The minimum absolute atomic E-state index is 0.189. The molecular formula is C18H14BrN5O3. The van der Waals surface area contributed by atoms with Gasteiger partial charge in [-0.25, -0.2) is 9.78 Å². The first-order valence-corrected chi connectivity index (χ1v) is 8.54. The Balaban J connectivity index is 1.58. The maximum atomic E-state index is 12.1. The maximum absolute atomic E-state index is 12.1. The van der Waals surface area contributed by atoms with E-state index < -0.39 is 11.9 Å². The summed E-state index contributed by atoms with van der Waals surface area (Å²) in [5, 5.41) is 4.78. The predicted molar refractivity (Wildman–Crippen MR) is 104 cm³/mol. The number of nitrogens with one attached hydrogen (secondary N) is 2. The Bertz CT molecular complexity index is 979. The summed E-state index contributed by atoms with van der Waals surface area (Å²) in [6.45, 7) is 0. The molecule has 3 amide bonds. The van der Waals surface area contributed by atoms with Gasteiger partial charge in [0.1, 0.15) is 10.4 Å². The lowest BCUT2D eigenvalue weighted by atomic mass is 10.2. The number of urea groups is 1. The van der Waals surface area contributed by atoms with E-state index in [1.807, 2.05) is 0 Å². The Morgan fingerprint density at radius 3 is 2.48 bits per heavy atom. The van der Waals surface area contributed by atoms with Crippen LogP contribution in [-0.4, -0.2) is 21.9 Å². The number of rotatable bonds is 4. The van der Waals surface area contributed by atoms with Crippen molar-refractivity contribution in [3.05, 3.63) is 71.0 Å². The first-order chi connectivity index (χ1) is 13.0. The van der Waals surface area contributed by atoms with E-state index in [2.05, 4.69) is 36.5 Å². The Labute approximate surface area is 162 Å². The molecule has 136 valence electrons. The molecule has 27 heavy (non-hydrogen) atoms. The summed E-state index contributed by atoms with van der Waals surface area (Å²) >= 11 is 3.23. The first-order valence-electron chi connectivity index (χ1n) is 7.74. The van der Waals surface area contributed by atoms with Crippen LogP contribution >= 0.6 is 15.9 Å². The van der Waals surface area contributed by atoms with Gasteiger partial charge < -0.3 is 15.8 Å². The average molecular weight is 428 g/mol. The number of nitrogen functional groups attached to an aromatic ring is 1. The molecule has 0 bridgehead atoms. The number of carbonyl (C=O) groups is 2. The molecule has 0 aliphatic carbocycles. The van der Waals surface area contributed by atoms with Crippen LogP contribution in [0.5, 0.6) is 11.8 Å². The second-order valence-corrected chi connectivity index (χ2v) is 6.10. The van der Waals surface area contributed by atoms with E-state index in [1.165, 1.54) is 6.07 Å². The van der Waals surface area contributed by atoms with E-state index >= 15 is 0 Å². The summed E-state index contributed by atoms with van der Waals surface area (Å²) in [7, 11) is 0. The number of hydrogen-bond acceptors (Lipinski definition) is 6. The van der Waals surface area contributed by atoms with Gasteiger partial charge in [0.2, 0.25) is 0 Å². The van der Waals surface area contributed by atoms with E-state index in [4.69, 9.17) is 10.5 Å². The van der Waals surface area contributed by atoms with Gasteiger partial charge in [-0.15, -0.1) is 0 Å². The fourth-order valence-corrected chi connectivity index (χ4v) is 2.39. The van der Waals surface area contributed by atoms with Crippen molar-refractivity contribution in [2.75, 3.05) is 11.1 Å². The highest BCUT2D eigenvalue weighted by Crippen LogP contribution is 2.21. The Hall–Kier alpha value is -3.46. The number of para-hydroxylation sites is 1. The summed E-state index contributed by atoms with van der Waals surface area (Å²) < 4.78 is 6.11. The largest absolute Gasteiger partial charge is 0.424 e. The van der Waals surface area contributed by atoms with Crippen LogP contribution in [0, 0.1) is 0 Å². The quantitative estimate of drug-likeness (QED) is 0.432. The van der Waals surface area contributed by atoms with Gasteiger partial charge in [0.05, 0.1) is 5.56 Å². The first kappa shape index (κ1) is 18.3. The number of ether oxygens (including phenoxy) is 1. The number of hydrogen-bond donors (Lipinski definition) is 3. The molecule has 3 rings (SSSR count). The van der Waals surface area contributed by atoms with Crippen molar-refractivity contribution in [3.8, 4) is 11.8 Å². The van der Waals surface area contributed by atoms with Crippen molar-refractivity contribution in [3.63, 3.8) is 0 Å². The molecule has 0 fully saturated rings. The van der Waals surface area contributed by atoms with Crippen LogP contribution in [0.4, 0.5) is 16.2 Å². The number of halogens is 1. The molecular weight excluding hydrogens is 414 g/mol. The van der Waals surface area contributed by atoms with Crippen molar-refractivity contribution in [2.45, 2.75) is 0 Å². The minimum Gasteiger partial charge on any atom is -0.424 e. The minimum atomic E-state index is -0.674. The van der Waals surface area contributed by atoms with Crippen LogP contribution in [0.3, 0.4) is 0 Å². The fraction of sp³-hybridized carbons (Fsp3) is 0. The number of nitrogens with zero attached hydrogens (tertiary/aromatic N) is 2. The zero-order valence-electron chi connectivity index (χ0n) is 13.8. The van der Waals surface area contributed by atoms with E-state index in [0.717, 1.165) is 0 Å². The standard InChI is InChI=1S/C18H14BrN5O3/c19-15-9-10-21-18(23-15)27-12-7-5-11(6-8-12)22-17(26)24-16(25)13-3-1-2-4-14(13)20/h1-10H,20H2,(H2,22,24,25,26). The van der Waals surface area contributed by atoms with Gasteiger partial charge in [0, 0.05) is 17.6 Å². The second kappa shape index (κ2) is 8.28. The molecule has 1 aromatic heterocycles. The van der Waals surface area contributed by atoms with Crippen molar-refractivity contribution in [1.29, 1.82) is 0 Å². The molecule has 0 saturated carbocycles. The summed E-state index contributed by atoms with van der Waals surface area (Å²) in [5.41, 5.74) is 6.71. The lowest BCUT2D eigenvalue weighted by Crippen LogP contribution is -2.34. The molecule has 1 heterocycles. The van der Waals surface area contributed by atoms with E-state index in [1.54, 1.807) is 54.7 Å². The average Bonchev–Trinajstić information content (AvgIpc) is 2.63. The van der Waals surface area contributed by atoms with Crippen LogP contribution in [-0.2, 0) is 0 Å². The normalized spacial score (nSPS) is 10.1. The van der Waals surface area contributed by atoms with Gasteiger partial charge >= 0.3 is 12.0 Å². The summed E-state index contributed by atoms with van der Waals surface area (Å²) in [4.78, 5) is 32.1. The molecule has 0 aliphatic heterocycles. The van der Waals surface area contributed by atoms with Gasteiger partial charge in [0.25, 0.3) is 5.91 Å². The van der Waals surface area contributed by atoms with Gasteiger partial charge in [-0.3, -0.25) is 10.1 Å². The van der Waals surface area contributed by atoms with Crippen LogP contribution < -0.4 is 21.1 Å². The number of nitrogens with two attached hydrogens (primary N) is 1. The Kier molecular flexibility index (Phi) is 5.62. The zero-order chi connectivity index (χ0) is 19.2. The lowest BCUT2D eigenvalue weighted by Gasteiger charge is -2.09. The second-order valence-electron chi connectivity index (χ2n) is 5.28. The number of aromatic nitrogens is 2. The van der Waals surface area contributed by atoms with Gasteiger partial charge in [-0.1, -0.05) is 12.1 Å². The third-order valence-electron chi connectivity index (χ3n) is 3.35. The van der Waals surface area contributed by atoms with E-state index in [0.29, 0.717) is 21.7 Å². The molecule has 0 radical (unpaired) electrons. The number of imide groups is 1. The molecule has 9 heteroatoms. The lowest BCUT2D eigenvalue weighted by molar-refractivity contribution is 0.0968. The molecule has 0 saturated heterocycles. The van der Waals surface area contributed by atoms with E-state index in [9.17, 15) is 9.59 Å². The third kappa shape index (κ3) is 5.02. The predicted octanol–water partition coefficient (Wildman–Crippen LogP) is 3.58. The molecule has 0 spiro atoms. The highest BCUT2D eigenvalue weighted by Gasteiger charge is 2.12. The zero-order valence-corrected chi connectivity index (χ0v) is 15.4. The SMILES string of the molecule is Nc1ccccc1C(=O)NC(=O)Nc1ccc(Oc2nccc(Br)n2)cc1. The topological polar surface area (TPSA) is 119 Å². The third-order valence-corrected chi connectivity index (χ3v) is 3.79. The van der Waals surface area contributed by atoms with Crippen molar-refractivity contribution < 1.29 is 14.3 Å². The van der Waals surface area contributed by atoms with Crippen molar-refractivity contribution in [2.24, 2.45) is 0 Å². The molecule has 0 atom stereocenters. The highest BCUT2D eigenvalue weighted by molar-refractivity contribution is 9.10. The smallest absolute Gasteiger partial charge is 0.326 e. The monoisotopic (exact) mass is 427 g/mol. The van der Waals surface area contributed by atoms with Crippen LogP contribution in [0.1, 0.15) is 10.4 Å². The number of amides is 3. The molecule has 0 aliphatic rings. The van der Waals surface area contributed by atoms with Crippen molar-refractivity contribution in [1.82, 2.24) is 15.3 Å². The van der Waals surface area contributed by atoms with E-state index in [-0.39, 0.29) is 11.6 Å². The molecule has 3 aromatic rings. The molecule has 8 nitrogen and oxygen atoms in total. The van der Waals surface area contributed by atoms with Gasteiger partial charge in [0.15, 0.2) is 0 Å². The van der Waals surface area contributed by atoms with Crippen molar-refractivity contribution >= 4 is 39.2 Å². The maximum Gasteiger partial charge on any atom is 0.326 e. The number of anilines is 2. The molecule has 0 unspecified atom stereocenters. The molecule has 2 aromatic carbocycles. The van der Waals surface area contributed by atoms with Crippen LogP contribution in [0.25, 0.3) is 0 Å². The Morgan fingerprint density at radius 1 is 1.04 bits per heavy atom. The summed E-state index contributed by atoms with van der Waals surface area (Å²) in [6, 6.07) is 14.2. The summed E-state index contributed by atoms with van der Waals surface area (Å²) in [6.07, 6.45) is 1.56. The van der Waals surface area contributed by atoms with Crippen LogP contribution in [0.15, 0.2) is 65.4 Å². The fourth-order valence-electron chi connectivity index (χ4n) is 2.12. The highest BCUT2D eigenvalue weighted by atomic mass is 79.9. The molecule has 4 N–H and O–H groups in total. The Morgan fingerprint density at radius 2 is 1.78 bits per heavy atom. The van der Waals surface area contributed by atoms with Crippen LogP contribution in [0.2, 0.25) is 0 Å². The van der Waals surface area contributed by atoms with Gasteiger partial charge in [-0.2, -0.15) is 4.98 Å². The van der Waals surface area contributed by atoms with Gasteiger partial charge in [-0.05, 0) is 58.4 Å². The number of carbonyl (C=O) groups excluding carboxylic acids is 2. The number of benzene rings is 2. The summed E-state index contributed by atoms with van der Waals surface area (Å²) in [5.74, 6) is -0.0930.